The van der Waals surface area contributed by atoms with Crippen LogP contribution in [-0.4, -0.2) is 8.42 Å². The minimum atomic E-state index is -3.92. The van der Waals surface area contributed by atoms with Gasteiger partial charge in [0.1, 0.15) is 17.2 Å². The third-order valence-corrected chi connectivity index (χ3v) is 4.01. The Kier molecular flexibility index (Phi) is 4.41. The Labute approximate surface area is 124 Å². The minimum absolute atomic E-state index is 0.0506. The van der Waals surface area contributed by atoms with Gasteiger partial charge in [-0.3, -0.25) is 0 Å². The third kappa shape index (κ3) is 3.71. The second kappa shape index (κ2) is 6.25. The number of rotatable bonds is 4. The van der Waals surface area contributed by atoms with Crippen LogP contribution in [0.2, 0.25) is 0 Å². The van der Waals surface area contributed by atoms with Crippen molar-refractivity contribution in [2.24, 2.45) is 0 Å². The lowest BCUT2D eigenvalue weighted by atomic mass is 10.1. The molecule has 0 atom stereocenters. The number of allylic oxidation sites excluding steroid dienone is 1. The maximum atomic E-state index is 12.0. The molecule has 2 aromatic rings. The molecule has 0 spiro atoms. The van der Waals surface area contributed by atoms with Gasteiger partial charge in [-0.15, -0.1) is 0 Å². The number of hydrogen-bond donors (Lipinski definition) is 0. The van der Waals surface area contributed by atoms with Crippen molar-refractivity contribution in [2.75, 3.05) is 0 Å². The van der Waals surface area contributed by atoms with E-state index in [1.165, 1.54) is 12.1 Å². The molecule has 0 aliphatic carbocycles. The molecule has 5 heteroatoms. The fourth-order valence-corrected chi connectivity index (χ4v) is 2.45. The molecule has 0 saturated carbocycles. The van der Waals surface area contributed by atoms with Crippen molar-refractivity contribution in [3.63, 3.8) is 0 Å². The molecule has 2 aromatic carbocycles. The molecule has 4 nitrogen and oxygen atoms in total. The van der Waals surface area contributed by atoms with Gasteiger partial charge in [-0.05, 0) is 24.6 Å². The summed E-state index contributed by atoms with van der Waals surface area (Å²) in [4.78, 5) is 0.0506. The van der Waals surface area contributed by atoms with E-state index in [4.69, 9.17) is 9.44 Å². The van der Waals surface area contributed by atoms with Gasteiger partial charge in [0.15, 0.2) is 0 Å². The maximum Gasteiger partial charge on any atom is 0.338 e. The SMILES string of the molecule is Cc1ccc(S(=O)(=O)O/C=C(\C#N)c2ccccc2)cc1. The fraction of sp³-hybridized carbons (Fsp3) is 0.0625. The Balaban J connectivity index is 2.26. The predicted molar refractivity (Wildman–Crippen MR) is 79.5 cm³/mol. The van der Waals surface area contributed by atoms with E-state index in [9.17, 15) is 8.42 Å². The first-order valence-corrected chi connectivity index (χ1v) is 7.59. The molecule has 0 N–H and O–H groups in total. The average Bonchev–Trinajstić information content (AvgIpc) is 2.49. The summed E-state index contributed by atoms with van der Waals surface area (Å²) in [6.45, 7) is 1.86. The van der Waals surface area contributed by atoms with E-state index in [2.05, 4.69) is 0 Å². The van der Waals surface area contributed by atoms with Gasteiger partial charge in [0.2, 0.25) is 0 Å². The first-order valence-electron chi connectivity index (χ1n) is 6.18. The van der Waals surface area contributed by atoms with E-state index >= 15 is 0 Å². The van der Waals surface area contributed by atoms with E-state index in [1.807, 2.05) is 19.1 Å². The standard InChI is InChI=1S/C16H13NO3S/c1-13-7-9-16(10-8-13)21(18,19)20-12-15(11-17)14-5-3-2-4-6-14/h2-10,12H,1H3/b15-12+. The Morgan fingerprint density at radius 1 is 1.10 bits per heavy atom. The largest absolute Gasteiger partial charge is 0.385 e. The van der Waals surface area contributed by atoms with Crippen LogP contribution in [0.4, 0.5) is 0 Å². The van der Waals surface area contributed by atoms with Crippen LogP contribution in [-0.2, 0) is 14.3 Å². The van der Waals surface area contributed by atoms with E-state index in [1.54, 1.807) is 36.4 Å². The van der Waals surface area contributed by atoms with Crippen LogP contribution in [0.5, 0.6) is 0 Å². The minimum Gasteiger partial charge on any atom is -0.385 e. The van der Waals surface area contributed by atoms with Crippen LogP contribution < -0.4 is 0 Å². The van der Waals surface area contributed by atoms with E-state index in [-0.39, 0.29) is 10.5 Å². The molecule has 0 amide bonds. The quantitative estimate of drug-likeness (QED) is 0.493. The summed E-state index contributed by atoms with van der Waals surface area (Å²) in [5.41, 5.74) is 1.69. The maximum absolute atomic E-state index is 12.0. The van der Waals surface area contributed by atoms with Crippen LogP contribution in [0.15, 0.2) is 65.8 Å². The van der Waals surface area contributed by atoms with Crippen molar-refractivity contribution >= 4 is 15.7 Å². The highest BCUT2D eigenvalue weighted by Crippen LogP contribution is 2.17. The zero-order valence-corrected chi connectivity index (χ0v) is 12.2. The van der Waals surface area contributed by atoms with E-state index in [0.29, 0.717) is 5.56 Å². The zero-order chi connectivity index (χ0) is 15.3. The summed E-state index contributed by atoms with van der Waals surface area (Å²) in [5.74, 6) is 0. The van der Waals surface area contributed by atoms with Crippen LogP contribution in [0.25, 0.3) is 5.57 Å². The highest BCUT2D eigenvalue weighted by molar-refractivity contribution is 7.86. The van der Waals surface area contributed by atoms with Gasteiger partial charge in [-0.1, -0.05) is 48.0 Å². The fourth-order valence-electron chi connectivity index (χ4n) is 1.65. The monoisotopic (exact) mass is 299 g/mol. The molecule has 0 bridgehead atoms. The molecule has 0 aromatic heterocycles. The molecule has 0 radical (unpaired) electrons. The first-order chi connectivity index (χ1) is 10.0. The number of nitrogens with zero attached hydrogens (tertiary/aromatic N) is 1. The van der Waals surface area contributed by atoms with Crippen molar-refractivity contribution in [3.8, 4) is 6.07 Å². The molecular weight excluding hydrogens is 286 g/mol. The number of benzene rings is 2. The van der Waals surface area contributed by atoms with Gasteiger partial charge in [0, 0.05) is 0 Å². The Morgan fingerprint density at radius 3 is 2.29 bits per heavy atom. The summed E-state index contributed by atoms with van der Waals surface area (Å²) < 4.78 is 28.9. The van der Waals surface area contributed by atoms with Crippen molar-refractivity contribution in [1.82, 2.24) is 0 Å². The second-order valence-corrected chi connectivity index (χ2v) is 5.94. The van der Waals surface area contributed by atoms with E-state index in [0.717, 1.165) is 11.8 Å². The van der Waals surface area contributed by atoms with Crippen molar-refractivity contribution in [3.05, 3.63) is 72.0 Å². The summed E-state index contributed by atoms with van der Waals surface area (Å²) in [5, 5.41) is 9.09. The van der Waals surface area contributed by atoms with Gasteiger partial charge < -0.3 is 4.18 Å². The zero-order valence-electron chi connectivity index (χ0n) is 11.4. The highest BCUT2D eigenvalue weighted by Gasteiger charge is 2.14. The smallest absolute Gasteiger partial charge is 0.338 e. The number of nitriles is 1. The van der Waals surface area contributed by atoms with Gasteiger partial charge in [-0.2, -0.15) is 13.7 Å². The molecule has 0 aliphatic heterocycles. The van der Waals surface area contributed by atoms with E-state index < -0.39 is 10.1 Å². The van der Waals surface area contributed by atoms with Crippen molar-refractivity contribution in [2.45, 2.75) is 11.8 Å². The van der Waals surface area contributed by atoms with Gasteiger partial charge >= 0.3 is 10.1 Å². The normalized spacial score (nSPS) is 11.7. The molecular formula is C16H13NO3S. The molecule has 0 saturated heterocycles. The average molecular weight is 299 g/mol. The molecule has 0 aliphatic rings. The Morgan fingerprint density at radius 2 is 1.71 bits per heavy atom. The predicted octanol–water partition coefficient (Wildman–Crippen LogP) is 3.27. The Bertz CT molecular complexity index is 786. The molecule has 0 unspecified atom stereocenters. The van der Waals surface area contributed by atoms with Crippen LogP contribution >= 0.6 is 0 Å². The molecule has 106 valence electrons. The van der Waals surface area contributed by atoms with Crippen LogP contribution in [0.3, 0.4) is 0 Å². The summed E-state index contributed by atoms with van der Waals surface area (Å²) in [7, 11) is -3.92. The first kappa shape index (κ1) is 14.8. The summed E-state index contributed by atoms with van der Waals surface area (Å²) in [6.07, 6.45) is 0.963. The van der Waals surface area contributed by atoms with Gasteiger partial charge in [0.25, 0.3) is 0 Å². The lowest BCUT2D eigenvalue weighted by molar-refractivity contribution is 0.445. The van der Waals surface area contributed by atoms with Crippen molar-refractivity contribution < 1.29 is 12.6 Å². The van der Waals surface area contributed by atoms with Gasteiger partial charge in [-0.25, -0.2) is 0 Å². The lowest BCUT2D eigenvalue weighted by Crippen LogP contribution is -2.02. The van der Waals surface area contributed by atoms with Gasteiger partial charge in [0.05, 0.1) is 5.57 Å². The third-order valence-electron chi connectivity index (χ3n) is 2.81. The number of hydrogen-bond acceptors (Lipinski definition) is 4. The molecule has 2 rings (SSSR count). The molecule has 0 heterocycles. The topological polar surface area (TPSA) is 67.2 Å². The van der Waals surface area contributed by atoms with Crippen molar-refractivity contribution in [1.29, 1.82) is 5.26 Å². The van der Waals surface area contributed by atoms with Crippen LogP contribution in [0, 0.1) is 18.3 Å². The molecule has 21 heavy (non-hydrogen) atoms. The number of aryl methyl sites for hydroxylation is 1. The summed E-state index contributed by atoms with van der Waals surface area (Å²) >= 11 is 0. The molecule has 0 fully saturated rings. The Hall–Kier alpha value is -2.58. The highest BCUT2D eigenvalue weighted by atomic mass is 32.2. The second-order valence-electron chi connectivity index (χ2n) is 4.37. The lowest BCUT2D eigenvalue weighted by Gasteiger charge is -2.04. The summed E-state index contributed by atoms with van der Waals surface area (Å²) in [6, 6.07) is 17.0. The van der Waals surface area contributed by atoms with Crippen LogP contribution in [0.1, 0.15) is 11.1 Å².